The van der Waals surface area contributed by atoms with Crippen molar-refractivity contribution < 1.29 is 9.26 Å². The predicted molar refractivity (Wildman–Crippen MR) is 135 cm³/mol. The second kappa shape index (κ2) is 12.9. The Hall–Kier alpha value is -1.81. The highest BCUT2D eigenvalue weighted by atomic mass is 127. The summed E-state index contributed by atoms with van der Waals surface area (Å²) in [6, 6.07) is 10.6. The molecule has 1 aromatic carbocycles. The number of nitrogens with one attached hydrogen (secondary N) is 2. The van der Waals surface area contributed by atoms with Gasteiger partial charge in [0.25, 0.3) is 0 Å². The van der Waals surface area contributed by atoms with Crippen LogP contribution in [-0.2, 0) is 6.54 Å². The van der Waals surface area contributed by atoms with E-state index in [-0.39, 0.29) is 30.0 Å². The number of ether oxygens (including phenoxy) is 1. The van der Waals surface area contributed by atoms with Crippen LogP contribution < -0.4 is 15.4 Å². The van der Waals surface area contributed by atoms with Gasteiger partial charge in [-0.3, -0.25) is 4.90 Å². The Morgan fingerprint density at radius 1 is 1.23 bits per heavy atom. The number of aliphatic imine (C=N–C) groups is 1. The molecule has 2 aromatic rings. The molecule has 1 fully saturated rings. The van der Waals surface area contributed by atoms with Crippen molar-refractivity contribution in [3.05, 3.63) is 47.3 Å². The van der Waals surface area contributed by atoms with E-state index >= 15 is 0 Å². The zero-order valence-electron chi connectivity index (χ0n) is 19.1. The maximum Gasteiger partial charge on any atom is 0.191 e. The van der Waals surface area contributed by atoms with Crippen molar-refractivity contribution in [2.24, 2.45) is 4.99 Å². The SMILES string of the molecule is CCNC(=NCc1cc(C(C)C)no1)NCC(c1cccc(OC)c1)N1CCCC1.I. The Kier molecular flexibility index (Phi) is 10.6. The van der Waals surface area contributed by atoms with Crippen molar-refractivity contribution in [3.63, 3.8) is 0 Å². The molecule has 1 saturated heterocycles. The highest BCUT2D eigenvalue weighted by Crippen LogP contribution is 2.27. The van der Waals surface area contributed by atoms with E-state index in [0.29, 0.717) is 12.5 Å². The summed E-state index contributed by atoms with van der Waals surface area (Å²) in [5, 5.41) is 11.0. The highest BCUT2D eigenvalue weighted by Gasteiger charge is 2.24. The summed E-state index contributed by atoms with van der Waals surface area (Å²) < 4.78 is 10.9. The number of halogens is 1. The third-order valence-electron chi connectivity index (χ3n) is 5.43. The van der Waals surface area contributed by atoms with E-state index in [4.69, 9.17) is 14.3 Å². The van der Waals surface area contributed by atoms with Crippen molar-refractivity contribution >= 4 is 29.9 Å². The van der Waals surface area contributed by atoms with Gasteiger partial charge in [-0.2, -0.15) is 0 Å². The smallest absolute Gasteiger partial charge is 0.191 e. The molecule has 1 aliphatic heterocycles. The van der Waals surface area contributed by atoms with Crippen LogP contribution in [0.4, 0.5) is 0 Å². The zero-order chi connectivity index (χ0) is 21.3. The number of hydrogen-bond acceptors (Lipinski definition) is 5. The van der Waals surface area contributed by atoms with Crippen LogP contribution in [0, 0.1) is 0 Å². The lowest BCUT2D eigenvalue weighted by atomic mass is 10.1. The Morgan fingerprint density at radius 2 is 2.00 bits per heavy atom. The first-order chi connectivity index (χ1) is 14.6. The average molecular weight is 541 g/mol. The van der Waals surface area contributed by atoms with Crippen LogP contribution in [0.1, 0.15) is 62.6 Å². The van der Waals surface area contributed by atoms with Crippen molar-refractivity contribution in [1.82, 2.24) is 20.7 Å². The summed E-state index contributed by atoms with van der Waals surface area (Å²) in [4.78, 5) is 7.24. The molecule has 0 amide bonds. The van der Waals surface area contributed by atoms with E-state index in [1.54, 1.807) is 7.11 Å². The van der Waals surface area contributed by atoms with Gasteiger partial charge in [0, 0.05) is 19.2 Å². The average Bonchev–Trinajstić information content (AvgIpc) is 3.45. The van der Waals surface area contributed by atoms with Crippen LogP contribution in [0.5, 0.6) is 5.75 Å². The van der Waals surface area contributed by atoms with Crippen molar-refractivity contribution in [2.45, 2.75) is 52.1 Å². The van der Waals surface area contributed by atoms with Crippen molar-refractivity contribution in [3.8, 4) is 5.75 Å². The van der Waals surface area contributed by atoms with Crippen LogP contribution >= 0.6 is 24.0 Å². The first kappa shape index (κ1) is 25.5. The molecule has 2 N–H and O–H groups in total. The number of nitrogens with zero attached hydrogens (tertiary/aromatic N) is 3. The molecule has 1 aromatic heterocycles. The van der Waals surface area contributed by atoms with E-state index < -0.39 is 0 Å². The van der Waals surface area contributed by atoms with Gasteiger partial charge in [0.05, 0.1) is 18.8 Å². The number of hydrogen-bond donors (Lipinski definition) is 2. The Labute approximate surface area is 203 Å². The van der Waals surface area contributed by atoms with Gasteiger partial charge >= 0.3 is 0 Å². The normalized spacial score (nSPS) is 15.6. The maximum absolute atomic E-state index is 5.45. The van der Waals surface area contributed by atoms with Gasteiger partial charge in [-0.05, 0) is 56.5 Å². The lowest BCUT2D eigenvalue weighted by Gasteiger charge is -2.29. The molecule has 7 nitrogen and oxygen atoms in total. The topological polar surface area (TPSA) is 74.9 Å². The molecule has 31 heavy (non-hydrogen) atoms. The number of likely N-dealkylation sites (tertiary alicyclic amines) is 1. The van der Waals surface area contributed by atoms with Gasteiger partial charge in [-0.15, -0.1) is 24.0 Å². The number of benzene rings is 1. The molecular formula is C23H36IN5O2. The molecule has 1 aliphatic rings. The molecule has 1 unspecified atom stereocenters. The van der Waals surface area contributed by atoms with Crippen LogP contribution in [0.2, 0.25) is 0 Å². The summed E-state index contributed by atoms with van der Waals surface area (Å²) >= 11 is 0. The molecule has 3 rings (SSSR count). The molecule has 172 valence electrons. The summed E-state index contributed by atoms with van der Waals surface area (Å²) in [5.74, 6) is 2.80. The molecule has 0 aliphatic carbocycles. The second-order valence-corrected chi connectivity index (χ2v) is 7.98. The standard InChI is InChI=1S/C23H35N5O2.HI/c1-5-24-23(25-15-20-14-21(17(2)3)27-30-20)26-16-22(28-11-6-7-12-28)18-9-8-10-19(13-18)29-4;/h8-10,13-14,17,22H,5-7,11-12,15-16H2,1-4H3,(H2,24,25,26);1H. The van der Waals surface area contributed by atoms with Gasteiger partial charge in [0.1, 0.15) is 12.3 Å². The first-order valence-electron chi connectivity index (χ1n) is 11.0. The first-order valence-corrected chi connectivity index (χ1v) is 11.0. The Balaban J connectivity index is 0.00000341. The van der Waals surface area contributed by atoms with E-state index in [1.165, 1.54) is 18.4 Å². The fourth-order valence-corrected chi connectivity index (χ4v) is 3.73. The summed E-state index contributed by atoms with van der Waals surface area (Å²) in [6.07, 6.45) is 2.50. The minimum absolute atomic E-state index is 0. The molecule has 0 saturated carbocycles. The Bertz CT molecular complexity index is 818. The molecule has 1 atom stereocenters. The highest BCUT2D eigenvalue weighted by molar-refractivity contribution is 14.0. The third-order valence-corrected chi connectivity index (χ3v) is 5.43. The van der Waals surface area contributed by atoms with Crippen LogP contribution in [-0.4, -0.2) is 49.3 Å². The molecule has 0 radical (unpaired) electrons. The second-order valence-electron chi connectivity index (χ2n) is 7.98. The van der Waals surface area contributed by atoms with E-state index in [0.717, 1.165) is 49.3 Å². The number of guanidine groups is 1. The van der Waals surface area contributed by atoms with Crippen LogP contribution in [0.3, 0.4) is 0 Å². The predicted octanol–water partition coefficient (Wildman–Crippen LogP) is 4.32. The zero-order valence-corrected chi connectivity index (χ0v) is 21.4. The van der Waals surface area contributed by atoms with Gasteiger partial charge in [-0.25, -0.2) is 4.99 Å². The molecule has 0 spiro atoms. The monoisotopic (exact) mass is 541 g/mol. The molecular weight excluding hydrogens is 505 g/mol. The lowest BCUT2D eigenvalue weighted by molar-refractivity contribution is 0.245. The van der Waals surface area contributed by atoms with Gasteiger partial charge < -0.3 is 19.9 Å². The molecule has 2 heterocycles. The summed E-state index contributed by atoms with van der Waals surface area (Å²) in [6.45, 7) is 10.5. The number of aromatic nitrogens is 1. The van der Waals surface area contributed by atoms with E-state index in [2.05, 4.69) is 59.7 Å². The van der Waals surface area contributed by atoms with Crippen molar-refractivity contribution in [1.29, 1.82) is 0 Å². The minimum atomic E-state index is 0. The minimum Gasteiger partial charge on any atom is -0.497 e. The van der Waals surface area contributed by atoms with Crippen LogP contribution in [0.25, 0.3) is 0 Å². The third kappa shape index (κ3) is 7.38. The fraction of sp³-hybridized carbons (Fsp3) is 0.565. The molecule has 0 bridgehead atoms. The quantitative estimate of drug-likeness (QED) is 0.280. The summed E-state index contributed by atoms with van der Waals surface area (Å²) in [5.41, 5.74) is 2.22. The Morgan fingerprint density at radius 3 is 2.65 bits per heavy atom. The number of methoxy groups -OCH3 is 1. The van der Waals surface area contributed by atoms with Gasteiger partial charge in [-0.1, -0.05) is 31.1 Å². The van der Waals surface area contributed by atoms with Gasteiger partial charge in [0.2, 0.25) is 0 Å². The van der Waals surface area contributed by atoms with E-state index in [9.17, 15) is 0 Å². The van der Waals surface area contributed by atoms with Crippen molar-refractivity contribution in [2.75, 3.05) is 33.3 Å². The maximum atomic E-state index is 5.45. The van der Waals surface area contributed by atoms with Gasteiger partial charge in [0.15, 0.2) is 11.7 Å². The molecule has 8 heteroatoms. The fourth-order valence-electron chi connectivity index (χ4n) is 3.73. The summed E-state index contributed by atoms with van der Waals surface area (Å²) in [7, 11) is 1.71. The largest absolute Gasteiger partial charge is 0.497 e. The number of rotatable bonds is 9. The van der Waals surface area contributed by atoms with Crippen LogP contribution in [0.15, 0.2) is 39.8 Å². The lowest BCUT2D eigenvalue weighted by Crippen LogP contribution is -2.42. The van der Waals surface area contributed by atoms with E-state index in [1.807, 2.05) is 12.1 Å².